The van der Waals surface area contributed by atoms with Crippen LogP contribution in [0.5, 0.6) is 23.0 Å². The van der Waals surface area contributed by atoms with E-state index in [4.69, 9.17) is 23.7 Å². The summed E-state index contributed by atoms with van der Waals surface area (Å²) >= 11 is 0. The number of methoxy groups -OCH3 is 2. The Hall–Kier alpha value is -4.49. The van der Waals surface area contributed by atoms with E-state index in [1.54, 1.807) is 26.4 Å². The van der Waals surface area contributed by atoms with Gasteiger partial charge >= 0.3 is 5.97 Å². The van der Waals surface area contributed by atoms with Gasteiger partial charge in [0.2, 0.25) is 0 Å². The molecule has 4 aromatic rings. The van der Waals surface area contributed by atoms with Crippen molar-refractivity contribution in [3.8, 4) is 45.3 Å². The molecule has 0 spiro atoms. The van der Waals surface area contributed by atoms with Gasteiger partial charge in [-0.2, -0.15) is 0 Å². The third kappa shape index (κ3) is 11.7. The Morgan fingerprint density at radius 1 is 0.617 bits per heavy atom. The summed E-state index contributed by atoms with van der Waals surface area (Å²) in [5, 5.41) is 9.30. The monoisotopic (exact) mass is 642 g/mol. The first-order valence-electron chi connectivity index (χ1n) is 16.6. The van der Waals surface area contributed by atoms with Crippen LogP contribution in [0.3, 0.4) is 0 Å². The summed E-state index contributed by atoms with van der Waals surface area (Å²) in [6.45, 7) is 8.08. The van der Waals surface area contributed by atoms with Gasteiger partial charge in [-0.3, -0.25) is 0 Å². The molecule has 47 heavy (non-hydrogen) atoms. The van der Waals surface area contributed by atoms with Gasteiger partial charge in [0.05, 0.1) is 46.2 Å². The molecule has 0 saturated heterocycles. The number of rotatable bonds is 17. The number of benzene rings is 4. The molecule has 0 aliphatic carbocycles. The number of aliphatic hydroxyl groups is 1. The van der Waals surface area contributed by atoms with E-state index in [1.807, 2.05) is 72.8 Å². The number of carbonyl (C=O) groups is 1. The summed E-state index contributed by atoms with van der Waals surface area (Å²) in [5.74, 6) is 2.79. The molecular weight excluding hydrogens is 592 g/mol. The van der Waals surface area contributed by atoms with Gasteiger partial charge in [-0.25, -0.2) is 4.79 Å². The molecule has 4 aromatic carbocycles. The maximum absolute atomic E-state index is 12.3. The second-order valence-electron chi connectivity index (χ2n) is 11.1. The highest BCUT2D eigenvalue weighted by Crippen LogP contribution is 2.34. The molecule has 0 aliphatic rings. The van der Waals surface area contributed by atoms with Crippen molar-refractivity contribution in [1.29, 1.82) is 0 Å². The molecule has 252 valence electrons. The lowest BCUT2D eigenvalue weighted by molar-refractivity contribution is 0.0499. The minimum absolute atomic E-state index is 0.0164. The molecule has 0 aromatic heterocycles. The fraction of sp³-hybridized carbons (Fsp3) is 0.375. The van der Waals surface area contributed by atoms with E-state index in [2.05, 4.69) is 20.8 Å². The standard InChI is InChI=1S/C22H28O4.C18H22O3/c1-4-6-13-25-21-16-18(22(23)26-14-7-5-2)11-12-20(21)17-9-8-10-19(15-17)24-3;1-3-4-10-21-18-11-14(13-19)8-9-17(18)15-6-5-7-16(12-15)20-2/h8-12,15-16H,4-7,13-14H2,1-3H3;5-9,11-12,19H,3-4,10,13H2,1-2H3. The minimum atomic E-state index is -0.309. The molecule has 0 aliphatic heterocycles. The molecule has 0 saturated carbocycles. The molecule has 1 N–H and O–H groups in total. The van der Waals surface area contributed by atoms with Crippen LogP contribution >= 0.6 is 0 Å². The van der Waals surface area contributed by atoms with Crippen LogP contribution in [0.1, 0.15) is 75.2 Å². The van der Waals surface area contributed by atoms with Gasteiger partial charge in [-0.05, 0) is 84.5 Å². The van der Waals surface area contributed by atoms with Crippen molar-refractivity contribution in [2.45, 2.75) is 65.9 Å². The van der Waals surface area contributed by atoms with Crippen LogP contribution in [0.2, 0.25) is 0 Å². The summed E-state index contributed by atoms with van der Waals surface area (Å²) in [7, 11) is 3.31. The number of hydrogen-bond donors (Lipinski definition) is 1. The first-order valence-corrected chi connectivity index (χ1v) is 16.6. The summed E-state index contributed by atoms with van der Waals surface area (Å²) in [6, 6.07) is 27.0. The van der Waals surface area contributed by atoms with Crippen LogP contribution in [0.25, 0.3) is 22.3 Å². The number of hydrogen-bond acceptors (Lipinski definition) is 7. The van der Waals surface area contributed by atoms with Crippen LogP contribution in [0.15, 0.2) is 84.9 Å². The smallest absolute Gasteiger partial charge is 0.338 e. The molecule has 4 rings (SSSR count). The van der Waals surface area contributed by atoms with Crippen molar-refractivity contribution in [2.24, 2.45) is 0 Å². The number of unbranched alkanes of at least 4 members (excludes halogenated alkanes) is 3. The van der Waals surface area contributed by atoms with Gasteiger partial charge in [0.25, 0.3) is 0 Å². The minimum Gasteiger partial charge on any atom is -0.497 e. The molecule has 0 atom stereocenters. The lowest BCUT2D eigenvalue weighted by atomic mass is 10.0. The number of ether oxygens (including phenoxy) is 5. The maximum atomic E-state index is 12.3. The lowest BCUT2D eigenvalue weighted by Crippen LogP contribution is -2.07. The topological polar surface area (TPSA) is 83.5 Å². The average molecular weight is 643 g/mol. The predicted molar refractivity (Wildman–Crippen MR) is 189 cm³/mol. The van der Waals surface area contributed by atoms with Crippen LogP contribution in [0, 0.1) is 0 Å². The van der Waals surface area contributed by atoms with Crippen molar-refractivity contribution in [2.75, 3.05) is 34.0 Å². The van der Waals surface area contributed by atoms with Crippen LogP contribution in [-0.4, -0.2) is 45.1 Å². The largest absolute Gasteiger partial charge is 0.497 e. The first-order chi connectivity index (χ1) is 23.0. The van der Waals surface area contributed by atoms with Crippen LogP contribution < -0.4 is 18.9 Å². The molecule has 0 unspecified atom stereocenters. The fourth-order valence-electron chi connectivity index (χ4n) is 4.66. The van der Waals surface area contributed by atoms with Crippen molar-refractivity contribution in [3.05, 3.63) is 96.1 Å². The lowest BCUT2D eigenvalue weighted by Gasteiger charge is -2.14. The summed E-state index contributed by atoms with van der Waals surface area (Å²) in [6.07, 6.45) is 5.98. The van der Waals surface area contributed by atoms with E-state index in [9.17, 15) is 9.90 Å². The van der Waals surface area contributed by atoms with Crippen molar-refractivity contribution in [1.82, 2.24) is 0 Å². The zero-order chi connectivity index (χ0) is 33.9. The molecule has 7 nitrogen and oxygen atoms in total. The van der Waals surface area contributed by atoms with Crippen LogP contribution in [0.4, 0.5) is 0 Å². The van der Waals surface area contributed by atoms with E-state index in [-0.39, 0.29) is 12.6 Å². The Kier molecular flexibility index (Phi) is 16.2. The van der Waals surface area contributed by atoms with E-state index in [0.717, 1.165) is 83.6 Å². The first kappa shape index (κ1) is 37.0. The third-order valence-corrected chi connectivity index (χ3v) is 7.45. The number of aliphatic hydroxyl groups excluding tert-OH is 1. The van der Waals surface area contributed by atoms with Crippen molar-refractivity contribution in [3.63, 3.8) is 0 Å². The zero-order valence-electron chi connectivity index (χ0n) is 28.6. The van der Waals surface area contributed by atoms with Gasteiger partial charge in [-0.1, -0.05) is 76.4 Å². The van der Waals surface area contributed by atoms with Gasteiger partial charge in [0, 0.05) is 11.1 Å². The molecule has 0 bridgehead atoms. The Morgan fingerprint density at radius 2 is 1.13 bits per heavy atom. The number of carbonyl (C=O) groups excluding carboxylic acids is 1. The zero-order valence-corrected chi connectivity index (χ0v) is 28.6. The van der Waals surface area contributed by atoms with Gasteiger partial charge in [-0.15, -0.1) is 0 Å². The normalized spacial score (nSPS) is 10.4. The average Bonchev–Trinajstić information content (AvgIpc) is 3.12. The van der Waals surface area contributed by atoms with E-state index < -0.39 is 0 Å². The Balaban J connectivity index is 0.000000261. The quantitative estimate of drug-likeness (QED) is 0.0907. The number of esters is 1. The van der Waals surface area contributed by atoms with Crippen molar-refractivity contribution >= 4 is 5.97 Å². The van der Waals surface area contributed by atoms with Crippen molar-refractivity contribution < 1.29 is 33.6 Å². The molecule has 0 amide bonds. The maximum Gasteiger partial charge on any atom is 0.338 e. The van der Waals surface area contributed by atoms with Gasteiger partial charge < -0.3 is 28.8 Å². The highest BCUT2D eigenvalue weighted by Gasteiger charge is 2.14. The highest BCUT2D eigenvalue weighted by atomic mass is 16.5. The van der Waals surface area contributed by atoms with Gasteiger partial charge in [0.1, 0.15) is 23.0 Å². The summed E-state index contributed by atoms with van der Waals surface area (Å²) in [5.41, 5.74) is 5.35. The molecule has 7 heteroatoms. The summed E-state index contributed by atoms with van der Waals surface area (Å²) in [4.78, 5) is 12.3. The molecule has 0 fully saturated rings. The molecule has 0 radical (unpaired) electrons. The third-order valence-electron chi connectivity index (χ3n) is 7.45. The fourth-order valence-corrected chi connectivity index (χ4v) is 4.66. The van der Waals surface area contributed by atoms with E-state index >= 15 is 0 Å². The van der Waals surface area contributed by atoms with E-state index in [1.165, 1.54) is 0 Å². The predicted octanol–water partition coefficient (Wildman–Crippen LogP) is 9.53. The second-order valence-corrected chi connectivity index (χ2v) is 11.1. The Bertz CT molecular complexity index is 1510. The highest BCUT2D eigenvalue weighted by molar-refractivity contribution is 5.91. The molecular formula is C40H50O7. The second kappa shape index (κ2) is 20.6. The van der Waals surface area contributed by atoms with E-state index in [0.29, 0.717) is 31.1 Å². The van der Waals surface area contributed by atoms with Gasteiger partial charge in [0.15, 0.2) is 0 Å². The Labute approximate surface area is 280 Å². The molecule has 0 heterocycles. The Morgan fingerprint density at radius 3 is 1.64 bits per heavy atom. The summed E-state index contributed by atoms with van der Waals surface area (Å²) < 4.78 is 27.8. The SMILES string of the molecule is CCCCOC(=O)c1ccc(-c2cccc(OC)c2)c(OCCCC)c1.CCCCOc1cc(CO)ccc1-c1cccc(OC)c1. The van der Waals surface area contributed by atoms with Crippen LogP contribution in [-0.2, 0) is 11.3 Å².